The highest BCUT2D eigenvalue weighted by Gasteiger charge is 2.34. The fourth-order valence-corrected chi connectivity index (χ4v) is 2.55. The lowest BCUT2D eigenvalue weighted by Gasteiger charge is -2.15. The summed E-state index contributed by atoms with van der Waals surface area (Å²) in [5.74, 6) is 5.16. The molecule has 0 bridgehead atoms. The molecule has 19 heavy (non-hydrogen) atoms. The Kier molecular flexibility index (Phi) is 3.35. The predicted molar refractivity (Wildman–Crippen MR) is 72.5 cm³/mol. The van der Waals surface area contributed by atoms with Crippen molar-refractivity contribution in [2.75, 3.05) is 18.5 Å². The fraction of sp³-hybridized carbons (Fsp3) is 0.538. The number of anilines is 1. The molecular formula is C13H19N5O. The molecule has 1 saturated carbocycles. The largest absolute Gasteiger partial charge is 0.347 e. The number of likely N-dealkylation sites (tertiary alicyclic amines) is 1. The Morgan fingerprint density at radius 1 is 1.37 bits per heavy atom. The van der Waals surface area contributed by atoms with Gasteiger partial charge in [-0.1, -0.05) is 0 Å². The molecule has 102 valence electrons. The number of amides is 1. The summed E-state index contributed by atoms with van der Waals surface area (Å²) >= 11 is 0. The summed E-state index contributed by atoms with van der Waals surface area (Å²) in [5, 5.41) is 3.05. The van der Waals surface area contributed by atoms with Gasteiger partial charge in [0.15, 0.2) is 0 Å². The summed E-state index contributed by atoms with van der Waals surface area (Å²) < 4.78 is 0. The standard InChI is InChI=1S/C13H19N5O/c14-17-9-1-4-12(15-7-9)13(19)16-10-5-6-18(8-10)11-2-3-11/h1,4,7,10-11,17H,2-3,5-6,8,14H2,(H,16,19). The third kappa shape index (κ3) is 2.85. The van der Waals surface area contributed by atoms with Crippen molar-refractivity contribution in [3.63, 3.8) is 0 Å². The number of carbonyl (C=O) groups is 1. The van der Waals surface area contributed by atoms with E-state index in [-0.39, 0.29) is 11.9 Å². The lowest BCUT2D eigenvalue weighted by Crippen LogP contribution is -2.37. The molecule has 4 N–H and O–H groups in total. The third-order valence-corrected chi connectivity index (χ3v) is 3.78. The SMILES string of the molecule is NNc1ccc(C(=O)NC2CCN(C3CC3)C2)nc1. The zero-order valence-corrected chi connectivity index (χ0v) is 10.8. The van der Waals surface area contributed by atoms with Crippen molar-refractivity contribution in [2.45, 2.75) is 31.3 Å². The van der Waals surface area contributed by atoms with E-state index in [0.29, 0.717) is 11.4 Å². The summed E-state index contributed by atoms with van der Waals surface area (Å²) in [6.07, 6.45) is 5.22. The summed E-state index contributed by atoms with van der Waals surface area (Å²) in [4.78, 5) is 18.6. The highest BCUT2D eigenvalue weighted by atomic mass is 16.1. The van der Waals surface area contributed by atoms with Crippen LogP contribution in [0, 0.1) is 0 Å². The van der Waals surface area contributed by atoms with E-state index in [1.54, 1.807) is 18.3 Å². The molecule has 1 saturated heterocycles. The molecule has 1 unspecified atom stereocenters. The van der Waals surface area contributed by atoms with E-state index in [4.69, 9.17) is 5.84 Å². The summed E-state index contributed by atoms with van der Waals surface area (Å²) in [7, 11) is 0. The zero-order chi connectivity index (χ0) is 13.2. The highest BCUT2D eigenvalue weighted by Crippen LogP contribution is 2.29. The Labute approximate surface area is 112 Å². The van der Waals surface area contributed by atoms with Gasteiger partial charge >= 0.3 is 0 Å². The number of rotatable bonds is 4. The van der Waals surface area contributed by atoms with Crippen LogP contribution >= 0.6 is 0 Å². The van der Waals surface area contributed by atoms with Crippen molar-refractivity contribution >= 4 is 11.6 Å². The van der Waals surface area contributed by atoms with Gasteiger partial charge in [-0.05, 0) is 31.4 Å². The van der Waals surface area contributed by atoms with E-state index in [1.165, 1.54) is 12.8 Å². The number of hydrogen-bond acceptors (Lipinski definition) is 5. The number of nitrogens with one attached hydrogen (secondary N) is 2. The summed E-state index contributed by atoms with van der Waals surface area (Å²) in [6, 6.07) is 4.45. The van der Waals surface area contributed by atoms with Gasteiger partial charge in [0.2, 0.25) is 0 Å². The van der Waals surface area contributed by atoms with Gasteiger partial charge in [-0.2, -0.15) is 0 Å². The van der Waals surface area contributed by atoms with Gasteiger partial charge in [0.25, 0.3) is 5.91 Å². The Balaban J connectivity index is 1.55. The number of hydrogen-bond donors (Lipinski definition) is 3. The molecule has 3 rings (SSSR count). The zero-order valence-electron chi connectivity index (χ0n) is 10.8. The molecule has 2 fully saturated rings. The number of hydrazine groups is 1. The van der Waals surface area contributed by atoms with Crippen LogP contribution in [-0.4, -0.2) is 41.0 Å². The van der Waals surface area contributed by atoms with E-state index >= 15 is 0 Å². The van der Waals surface area contributed by atoms with Gasteiger partial charge in [-0.25, -0.2) is 4.98 Å². The molecule has 1 atom stereocenters. The summed E-state index contributed by atoms with van der Waals surface area (Å²) in [5.41, 5.74) is 3.62. The second kappa shape index (κ2) is 5.14. The van der Waals surface area contributed by atoms with E-state index < -0.39 is 0 Å². The molecule has 1 aliphatic carbocycles. The molecule has 2 heterocycles. The van der Waals surface area contributed by atoms with Gasteiger partial charge in [0, 0.05) is 25.2 Å². The van der Waals surface area contributed by atoms with E-state index in [1.807, 2.05) is 0 Å². The van der Waals surface area contributed by atoms with Crippen LogP contribution in [0.1, 0.15) is 29.8 Å². The van der Waals surface area contributed by atoms with Crippen LogP contribution < -0.4 is 16.6 Å². The maximum Gasteiger partial charge on any atom is 0.270 e. The van der Waals surface area contributed by atoms with Gasteiger partial charge < -0.3 is 10.7 Å². The maximum atomic E-state index is 12.0. The van der Waals surface area contributed by atoms with E-state index in [9.17, 15) is 4.79 Å². The lowest BCUT2D eigenvalue weighted by atomic mass is 10.2. The second-order valence-electron chi connectivity index (χ2n) is 5.26. The number of carbonyl (C=O) groups excluding carboxylic acids is 1. The molecule has 6 nitrogen and oxygen atoms in total. The number of pyridine rings is 1. The minimum absolute atomic E-state index is 0.105. The Hall–Kier alpha value is -1.66. The van der Waals surface area contributed by atoms with Crippen molar-refractivity contribution in [3.8, 4) is 0 Å². The molecule has 1 aromatic heterocycles. The number of nitrogen functional groups attached to an aromatic ring is 1. The van der Waals surface area contributed by atoms with Gasteiger partial charge in [0.05, 0.1) is 11.9 Å². The molecule has 6 heteroatoms. The van der Waals surface area contributed by atoms with E-state index in [0.717, 1.165) is 25.6 Å². The molecule has 2 aliphatic rings. The summed E-state index contributed by atoms with van der Waals surface area (Å²) in [6.45, 7) is 2.07. The van der Waals surface area contributed by atoms with Crippen LogP contribution in [0.4, 0.5) is 5.69 Å². The molecule has 1 aromatic rings. The third-order valence-electron chi connectivity index (χ3n) is 3.78. The first-order chi connectivity index (χ1) is 9.26. The monoisotopic (exact) mass is 261 g/mol. The second-order valence-corrected chi connectivity index (χ2v) is 5.26. The van der Waals surface area contributed by atoms with Crippen LogP contribution in [-0.2, 0) is 0 Å². The topological polar surface area (TPSA) is 83.3 Å². The average molecular weight is 261 g/mol. The van der Waals surface area contributed by atoms with Crippen molar-refractivity contribution in [1.82, 2.24) is 15.2 Å². The van der Waals surface area contributed by atoms with E-state index in [2.05, 4.69) is 20.6 Å². The van der Waals surface area contributed by atoms with Crippen LogP contribution in [0.25, 0.3) is 0 Å². The minimum atomic E-state index is -0.105. The number of aromatic nitrogens is 1. The molecule has 0 radical (unpaired) electrons. The first-order valence-electron chi connectivity index (χ1n) is 6.74. The first-order valence-corrected chi connectivity index (χ1v) is 6.74. The molecular weight excluding hydrogens is 242 g/mol. The Morgan fingerprint density at radius 2 is 2.21 bits per heavy atom. The van der Waals surface area contributed by atoms with Crippen LogP contribution in [0.15, 0.2) is 18.3 Å². The van der Waals surface area contributed by atoms with Gasteiger partial charge in [-0.3, -0.25) is 15.5 Å². The van der Waals surface area contributed by atoms with Crippen molar-refractivity contribution in [2.24, 2.45) is 5.84 Å². The Morgan fingerprint density at radius 3 is 2.84 bits per heavy atom. The minimum Gasteiger partial charge on any atom is -0.347 e. The normalized spacial score (nSPS) is 23.3. The number of nitrogens with zero attached hydrogens (tertiary/aromatic N) is 2. The van der Waals surface area contributed by atoms with Crippen molar-refractivity contribution < 1.29 is 4.79 Å². The first kappa shape index (κ1) is 12.4. The molecule has 0 spiro atoms. The highest BCUT2D eigenvalue weighted by molar-refractivity contribution is 5.92. The van der Waals surface area contributed by atoms with Crippen LogP contribution in [0.5, 0.6) is 0 Å². The molecule has 0 aromatic carbocycles. The molecule has 1 amide bonds. The smallest absolute Gasteiger partial charge is 0.270 e. The fourth-order valence-electron chi connectivity index (χ4n) is 2.55. The quantitative estimate of drug-likeness (QED) is 0.537. The van der Waals surface area contributed by atoms with Crippen molar-refractivity contribution in [3.05, 3.63) is 24.0 Å². The van der Waals surface area contributed by atoms with Crippen LogP contribution in [0.2, 0.25) is 0 Å². The lowest BCUT2D eigenvalue weighted by molar-refractivity contribution is 0.0932. The van der Waals surface area contributed by atoms with Gasteiger partial charge in [0.1, 0.15) is 5.69 Å². The van der Waals surface area contributed by atoms with Crippen LogP contribution in [0.3, 0.4) is 0 Å². The predicted octanol–water partition coefficient (Wildman–Crippen LogP) is 0.334. The molecule has 1 aliphatic heterocycles. The average Bonchev–Trinajstić information content (AvgIpc) is 3.20. The van der Waals surface area contributed by atoms with Crippen molar-refractivity contribution in [1.29, 1.82) is 0 Å². The van der Waals surface area contributed by atoms with Gasteiger partial charge in [-0.15, -0.1) is 0 Å². The number of nitrogens with two attached hydrogens (primary N) is 1. The Bertz CT molecular complexity index is 457. The maximum absolute atomic E-state index is 12.0.